The fraction of sp³-hybridized carbons (Fsp3) is 0.517. The summed E-state index contributed by atoms with van der Waals surface area (Å²) in [5.74, 6) is -0.177. The molecule has 1 aliphatic rings. The molecular formula is C29H42N4O2. The summed E-state index contributed by atoms with van der Waals surface area (Å²) in [5.41, 5.74) is 6.00. The van der Waals surface area contributed by atoms with Crippen LogP contribution in [0.3, 0.4) is 0 Å². The summed E-state index contributed by atoms with van der Waals surface area (Å²) in [6, 6.07) is 14.3. The highest BCUT2D eigenvalue weighted by molar-refractivity contribution is 5.89. The number of fused-ring (bicyclic) bond motifs is 1. The van der Waals surface area contributed by atoms with Crippen LogP contribution in [0.4, 0.5) is 0 Å². The quantitative estimate of drug-likeness (QED) is 0.610. The van der Waals surface area contributed by atoms with Crippen molar-refractivity contribution in [3.05, 3.63) is 70.3 Å². The van der Waals surface area contributed by atoms with Gasteiger partial charge in [-0.05, 0) is 67.6 Å². The van der Waals surface area contributed by atoms with E-state index >= 15 is 0 Å². The molecule has 0 radical (unpaired) electrons. The summed E-state index contributed by atoms with van der Waals surface area (Å²) < 4.78 is 0. The van der Waals surface area contributed by atoms with Gasteiger partial charge in [0.25, 0.3) is 0 Å². The van der Waals surface area contributed by atoms with Crippen LogP contribution in [0, 0.1) is 19.3 Å². The number of likely N-dealkylation sites (N-methyl/N-ethyl adjacent to an activating group) is 2. The Labute approximate surface area is 211 Å². The predicted molar refractivity (Wildman–Crippen MR) is 142 cm³/mol. The molecule has 2 amide bonds. The zero-order chi connectivity index (χ0) is 25.8. The second-order valence-corrected chi connectivity index (χ2v) is 11.0. The standard InChI is InChI=1S/C29H42N4O2/c1-20-11-10-14-23(21(20)2)17-32(7)19-25-15-22-12-8-9-13-24(22)18-33(25)28(35)27(29(3,4)5)31-26(34)16-30-6/h8-14,25,27,30H,15-19H2,1-7H3,(H,31,34). The number of hydrogen-bond donors (Lipinski definition) is 2. The first kappa shape index (κ1) is 26.9. The van der Waals surface area contributed by atoms with Gasteiger partial charge in [0.1, 0.15) is 6.04 Å². The Morgan fingerprint density at radius 1 is 1.09 bits per heavy atom. The van der Waals surface area contributed by atoms with Crippen LogP contribution in [-0.2, 0) is 29.1 Å². The summed E-state index contributed by atoms with van der Waals surface area (Å²) in [6.07, 6.45) is 0.806. The lowest BCUT2D eigenvalue weighted by molar-refractivity contribution is -0.142. The second-order valence-electron chi connectivity index (χ2n) is 11.0. The molecule has 6 heteroatoms. The predicted octanol–water partition coefficient (Wildman–Crippen LogP) is 3.44. The average molecular weight is 479 g/mol. The maximum absolute atomic E-state index is 14.0. The number of carbonyl (C=O) groups excluding carboxylic acids is 2. The lowest BCUT2D eigenvalue weighted by Gasteiger charge is -2.43. The van der Waals surface area contributed by atoms with E-state index in [2.05, 4.69) is 72.8 Å². The number of rotatable bonds is 8. The van der Waals surface area contributed by atoms with Crippen molar-refractivity contribution in [2.75, 3.05) is 27.2 Å². The summed E-state index contributed by atoms with van der Waals surface area (Å²) in [7, 11) is 3.86. The van der Waals surface area contributed by atoms with E-state index in [-0.39, 0.29) is 24.4 Å². The van der Waals surface area contributed by atoms with Crippen LogP contribution in [0.15, 0.2) is 42.5 Å². The van der Waals surface area contributed by atoms with Crippen molar-refractivity contribution in [2.24, 2.45) is 5.41 Å². The molecule has 35 heavy (non-hydrogen) atoms. The van der Waals surface area contributed by atoms with Gasteiger partial charge in [0.05, 0.1) is 6.54 Å². The van der Waals surface area contributed by atoms with Crippen LogP contribution in [0.25, 0.3) is 0 Å². The zero-order valence-corrected chi connectivity index (χ0v) is 22.4. The first-order valence-electron chi connectivity index (χ1n) is 12.6. The van der Waals surface area contributed by atoms with Gasteiger partial charge in [-0.1, -0.05) is 63.2 Å². The fourth-order valence-electron chi connectivity index (χ4n) is 4.89. The monoisotopic (exact) mass is 478 g/mol. The van der Waals surface area contributed by atoms with Gasteiger partial charge in [-0.25, -0.2) is 0 Å². The topological polar surface area (TPSA) is 64.7 Å². The number of carbonyl (C=O) groups is 2. The second kappa shape index (κ2) is 11.4. The normalized spacial score (nSPS) is 16.7. The SMILES string of the molecule is CNCC(=O)NC(C(=O)N1Cc2ccccc2CC1CN(C)Cc1cccc(C)c1C)C(C)(C)C. The van der Waals surface area contributed by atoms with E-state index in [1.807, 2.05) is 31.7 Å². The maximum Gasteiger partial charge on any atom is 0.246 e. The summed E-state index contributed by atoms with van der Waals surface area (Å²) in [4.78, 5) is 30.8. The third-order valence-corrected chi connectivity index (χ3v) is 7.07. The van der Waals surface area contributed by atoms with Gasteiger partial charge >= 0.3 is 0 Å². The molecule has 0 aliphatic carbocycles. The molecule has 0 aromatic heterocycles. The van der Waals surface area contributed by atoms with Crippen LogP contribution >= 0.6 is 0 Å². The molecule has 2 aromatic carbocycles. The molecule has 0 bridgehead atoms. The van der Waals surface area contributed by atoms with Crippen LogP contribution in [0.5, 0.6) is 0 Å². The van der Waals surface area contributed by atoms with Gasteiger partial charge in [0.2, 0.25) is 11.8 Å². The minimum absolute atomic E-state index is 0.0124. The van der Waals surface area contributed by atoms with Crippen LogP contribution in [-0.4, -0.2) is 60.9 Å². The van der Waals surface area contributed by atoms with E-state index in [0.29, 0.717) is 6.54 Å². The maximum atomic E-state index is 14.0. The van der Waals surface area contributed by atoms with Gasteiger partial charge < -0.3 is 20.4 Å². The molecule has 0 spiro atoms. The highest BCUT2D eigenvalue weighted by Crippen LogP contribution is 2.28. The van der Waals surface area contributed by atoms with Crippen molar-refractivity contribution < 1.29 is 9.59 Å². The van der Waals surface area contributed by atoms with Crippen molar-refractivity contribution in [3.63, 3.8) is 0 Å². The van der Waals surface area contributed by atoms with Gasteiger partial charge in [0.15, 0.2) is 0 Å². The molecule has 190 valence electrons. The smallest absolute Gasteiger partial charge is 0.246 e. The molecule has 2 atom stereocenters. The lowest BCUT2D eigenvalue weighted by atomic mass is 9.84. The third kappa shape index (κ3) is 6.71. The van der Waals surface area contributed by atoms with Gasteiger partial charge in [0, 0.05) is 25.7 Å². The Balaban J connectivity index is 1.86. The molecule has 0 fully saturated rings. The summed E-state index contributed by atoms with van der Waals surface area (Å²) >= 11 is 0. The molecule has 2 unspecified atom stereocenters. The average Bonchev–Trinajstić information content (AvgIpc) is 2.79. The number of benzene rings is 2. The molecule has 2 aromatic rings. The van der Waals surface area contributed by atoms with Crippen molar-refractivity contribution in [2.45, 2.75) is 66.2 Å². The zero-order valence-electron chi connectivity index (χ0n) is 22.4. The molecule has 0 saturated heterocycles. The first-order valence-corrected chi connectivity index (χ1v) is 12.6. The molecule has 2 N–H and O–H groups in total. The van der Waals surface area contributed by atoms with E-state index in [4.69, 9.17) is 0 Å². The van der Waals surface area contributed by atoms with E-state index in [0.717, 1.165) is 19.5 Å². The third-order valence-electron chi connectivity index (χ3n) is 7.07. The van der Waals surface area contributed by atoms with Gasteiger partial charge in [-0.3, -0.25) is 9.59 Å². The molecule has 1 heterocycles. The molecule has 0 saturated carbocycles. The summed E-state index contributed by atoms with van der Waals surface area (Å²) in [6.45, 7) is 12.7. The molecule has 6 nitrogen and oxygen atoms in total. The highest BCUT2D eigenvalue weighted by atomic mass is 16.2. The Kier molecular flexibility index (Phi) is 8.73. The highest BCUT2D eigenvalue weighted by Gasteiger charge is 2.39. The Hall–Kier alpha value is -2.70. The van der Waals surface area contributed by atoms with E-state index in [1.54, 1.807) is 7.05 Å². The van der Waals surface area contributed by atoms with Crippen molar-refractivity contribution in [3.8, 4) is 0 Å². The molecular weight excluding hydrogens is 436 g/mol. The van der Waals surface area contributed by atoms with Crippen molar-refractivity contribution in [1.82, 2.24) is 20.4 Å². The largest absolute Gasteiger partial charge is 0.343 e. The van der Waals surface area contributed by atoms with E-state index in [1.165, 1.54) is 27.8 Å². The molecule has 3 rings (SSSR count). The van der Waals surface area contributed by atoms with E-state index < -0.39 is 11.5 Å². The van der Waals surface area contributed by atoms with Crippen LogP contribution in [0.2, 0.25) is 0 Å². The Morgan fingerprint density at radius 3 is 2.43 bits per heavy atom. The minimum Gasteiger partial charge on any atom is -0.343 e. The van der Waals surface area contributed by atoms with E-state index in [9.17, 15) is 9.59 Å². The number of nitrogens with one attached hydrogen (secondary N) is 2. The summed E-state index contributed by atoms with van der Waals surface area (Å²) in [5, 5.41) is 5.88. The molecule has 1 aliphatic heterocycles. The van der Waals surface area contributed by atoms with Gasteiger partial charge in [-0.2, -0.15) is 0 Å². The Bertz CT molecular complexity index is 1040. The lowest BCUT2D eigenvalue weighted by Crippen LogP contribution is -2.60. The number of nitrogens with zero attached hydrogens (tertiary/aromatic N) is 2. The first-order chi connectivity index (χ1) is 16.5. The Morgan fingerprint density at radius 2 is 1.77 bits per heavy atom. The van der Waals surface area contributed by atoms with Crippen molar-refractivity contribution >= 4 is 11.8 Å². The number of hydrogen-bond acceptors (Lipinski definition) is 4. The van der Waals surface area contributed by atoms with Crippen LogP contribution in [0.1, 0.15) is 48.6 Å². The fourth-order valence-corrected chi connectivity index (χ4v) is 4.89. The van der Waals surface area contributed by atoms with Crippen molar-refractivity contribution in [1.29, 1.82) is 0 Å². The van der Waals surface area contributed by atoms with Gasteiger partial charge in [-0.15, -0.1) is 0 Å². The minimum atomic E-state index is -0.597. The number of aryl methyl sites for hydroxylation is 1. The number of amides is 2. The van der Waals surface area contributed by atoms with Crippen LogP contribution < -0.4 is 10.6 Å².